The van der Waals surface area contributed by atoms with E-state index in [0.717, 1.165) is 14.7 Å². The molecule has 106 valence electrons. The van der Waals surface area contributed by atoms with E-state index >= 15 is 0 Å². The first kappa shape index (κ1) is 14.9. The summed E-state index contributed by atoms with van der Waals surface area (Å²) in [5.41, 5.74) is 1.12. The minimum Gasteiger partial charge on any atom is -0.481 e. The molecule has 0 aliphatic heterocycles. The molecular weight excluding hydrogens is 371 g/mol. The van der Waals surface area contributed by atoms with Gasteiger partial charge in [0.15, 0.2) is 5.82 Å². The lowest BCUT2D eigenvalue weighted by molar-refractivity contribution is -0.147. The fourth-order valence-electron chi connectivity index (χ4n) is 1.77. The topological polar surface area (TPSA) is 80.9 Å². The number of carbonyl (C=O) groups is 1. The number of hydrogen-bond donors (Lipinski definition) is 1. The summed E-state index contributed by atoms with van der Waals surface area (Å²) in [6.07, 6.45) is 0. The molecule has 20 heavy (non-hydrogen) atoms. The van der Waals surface area contributed by atoms with Gasteiger partial charge in [-0.05, 0) is 59.4 Å². The molecule has 1 N–H and O–H groups in total. The lowest BCUT2D eigenvalue weighted by Gasteiger charge is -2.19. The number of nitrogens with zero attached hydrogens (tertiary/aromatic N) is 4. The Labute approximate surface area is 130 Å². The maximum absolute atomic E-state index is 11.2. The molecule has 0 amide bonds. The Bertz CT molecular complexity index is 652. The Morgan fingerprint density at radius 1 is 1.45 bits per heavy atom. The first-order chi connectivity index (χ1) is 9.33. The summed E-state index contributed by atoms with van der Waals surface area (Å²) >= 11 is 2.25. The summed E-state index contributed by atoms with van der Waals surface area (Å²) in [4.78, 5) is 11.2. The molecule has 1 aromatic carbocycles. The highest BCUT2D eigenvalue weighted by Crippen LogP contribution is 2.27. The van der Waals surface area contributed by atoms with Crippen LogP contribution in [0.15, 0.2) is 18.2 Å². The van der Waals surface area contributed by atoms with E-state index in [-0.39, 0.29) is 6.54 Å². The molecule has 7 heteroatoms. The molecule has 0 aliphatic carbocycles. The quantitative estimate of drug-likeness (QED) is 0.817. The second-order valence-electron chi connectivity index (χ2n) is 5.29. The number of rotatable bonds is 4. The van der Waals surface area contributed by atoms with Gasteiger partial charge in [0, 0.05) is 9.13 Å². The first-order valence-corrected chi connectivity index (χ1v) is 7.16. The summed E-state index contributed by atoms with van der Waals surface area (Å²) in [6.45, 7) is 5.54. The van der Waals surface area contributed by atoms with Gasteiger partial charge in [-0.3, -0.25) is 4.79 Å². The third-order valence-corrected chi connectivity index (χ3v) is 4.52. The van der Waals surface area contributed by atoms with Crippen LogP contribution in [-0.2, 0) is 11.3 Å². The molecule has 6 nitrogen and oxygen atoms in total. The molecular formula is C13H15IN4O2. The lowest BCUT2D eigenvalue weighted by Crippen LogP contribution is -2.30. The number of tetrazole rings is 1. The molecule has 0 radical (unpaired) electrons. The number of carboxylic acids is 1. The molecule has 0 bridgehead atoms. The summed E-state index contributed by atoms with van der Waals surface area (Å²) in [6, 6.07) is 5.89. The second-order valence-corrected chi connectivity index (χ2v) is 6.36. The number of hydrogen-bond acceptors (Lipinski definition) is 4. The highest BCUT2D eigenvalue weighted by molar-refractivity contribution is 14.1. The number of benzene rings is 1. The van der Waals surface area contributed by atoms with Gasteiger partial charge in [0.2, 0.25) is 0 Å². The molecule has 0 spiro atoms. The third kappa shape index (κ3) is 2.82. The summed E-state index contributed by atoms with van der Waals surface area (Å²) in [5, 5.41) is 20.9. The number of halogens is 1. The zero-order valence-electron chi connectivity index (χ0n) is 11.5. The van der Waals surface area contributed by atoms with Gasteiger partial charge in [-0.25, -0.2) is 4.68 Å². The van der Waals surface area contributed by atoms with Gasteiger partial charge in [-0.1, -0.05) is 18.2 Å². The standard InChI is InChI=1S/C13H15IN4O2/c1-8-5-4-6-9(10(8)14)11-15-16-17-18(11)7-13(2,3)12(19)20/h4-6H,7H2,1-3H3,(H,19,20). The van der Waals surface area contributed by atoms with Crippen molar-refractivity contribution in [3.05, 3.63) is 27.3 Å². The van der Waals surface area contributed by atoms with Gasteiger partial charge in [0.25, 0.3) is 0 Å². The van der Waals surface area contributed by atoms with Crippen molar-refractivity contribution in [2.24, 2.45) is 5.41 Å². The SMILES string of the molecule is Cc1cccc(-c2nnnn2CC(C)(C)C(=O)O)c1I. The zero-order chi connectivity index (χ0) is 14.9. The van der Waals surface area contributed by atoms with Crippen LogP contribution < -0.4 is 0 Å². The second kappa shape index (κ2) is 5.47. The molecule has 2 rings (SSSR count). The van der Waals surface area contributed by atoms with Gasteiger partial charge < -0.3 is 5.11 Å². The molecule has 2 aromatic rings. The van der Waals surface area contributed by atoms with E-state index in [9.17, 15) is 9.90 Å². The molecule has 0 aliphatic rings. The third-order valence-electron chi connectivity index (χ3n) is 3.09. The number of aromatic nitrogens is 4. The first-order valence-electron chi connectivity index (χ1n) is 6.08. The monoisotopic (exact) mass is 386 g/mol. The Balaban J connectivity index is 2.44. The van der Waals surface area contributed by atoms with Crippen LogP contribution >= 0.6 is 22.6 Å². The van der Waals surface area contributed by atoms with Crippen LogP contribution in [-0.4, -0.2) is 31.3 Å². The van der Waals surface area contributed by atoms with Crippen LogP contribution in [0.25, 0.3) is 11.4 Å². The number of aryl methyl sites for hydroxylation is 1. The predicted octanol–water partition coefficient (Wildman–Crippen LogP) is 2.36. The maximum Gasteiger partial charge on any atom is 0.310 e. The van der Waals surface area contributed by atoms with E-state index in [0.29, 0.717) is 5.82 Å². The van der Waals surface area contributed by atoms with Crippen LogP contribution in [0.5, 0.6) is 0 Å². The van der Waals surface area contributed by atoms with Crippen molar-refractivity contribution in [3.8, 4) is 11.4 Å². The maximum atomic E-state index is 11.2. The van der Waals surface area contributed by atoms with Gasteiger partial charge in [0.05, 0.1) is 12.0 Å². The Hall–Kier alpha value is -1.51. The molecule has 0 atom stereocenters. The van der Waals surface area contributed by atoms with E-state index in [2.05, 4.69) is 38.1 Å². The van der Waals surface area contributed by atoms with Gasteiger partial charge in [-0.2, -0.15) is 0 Å². The van der Waals surface area contributed by atoms with E-state index in [1.807, 2.05) is 25.1 Å². The molecule has 0 fully saturated rings. The van der Waals surface area contributed by atoms with Crippen LogP contribution in [0.3, 0.4) is 0 Å². The van der Waals surface area contributed by atoms with E-state index < -0.39 is 11.4 Å². The van der Waals surface area contributed by atoms with Crippen molar-refractivity contribution in [2.45, 2.75) is 27.3 Å². The van der Waals surface area contributed by atoms with Crippen LogP contribution in [0.4, 0.5) is 0 Å². The number of carboxylic acid groups (broad SMARTS) is 1. The minimum absolute atomic E-state index is 0.217. The Kier molecular flexibility index (Phi) is 4.07. The highest BCUT2D eigenvalue weighted by atomic mass is 127. The largest absolute Gasteiger partial charge is 0.481 e. The lowest BCUT2D eigenvalue weighted by atomic mass is 9.94. The Morgan fingerprint density at radius 2 is 2.15 bits per heavy atom. The predicted molar refractivity (Wildman–Crippen MR) is 82.1 cm³/mol. The molecule has 1 aromatic heterocycles. The molecule has 0 saturated carbocycles. The van der Waals surface area contributed by atoms with Gasteiger partial charge in [0.1, 0.15) is 0 Å². The van der Waals surface area contributed by atoms with Crippen molar-refractivity contribution in [3.63, 3.8) is 0 Å². The normalized spacial score (nSPS) is 11.6. The van der Waals surface area contributed by atoms with E-state index in [1.54, 1.807) is 18.5 Å². The van der Waals surface area contributed by atoms with Gasteiger partial charge >= 0.3 is 5.97 Å². The minimum atomic E-state index is -0.931. The van der Waals surface area contributed by atoms with E-state index in [1.165, 1.54) is 0 Å². The molecule has 0 unspecified atom stereocenters. The van der Waals surface area contributed by atoms with Crippen molar-refractivity contribution in [2.75, 3.05) is 0 Å². The zero-order valence-corrected chi connectivity index (χ0v) is 13.6. The van der Waals surface area contributed by atoms with Crippen LogP contribution in [0.1, 0.15) is 19.4 Å². The Morgan fingerprint density at radius 3 is 2.80 bits per heavy atom. The average molecular weight is 386 g/mol. The van der Waals surface area contributed by atoms with Crippen molar-refractivity contribution in [1.82, 2.24) is 20.2 Å². The summed E-state index contributed by atoms with van der Waals surface area (Å²) in [7, 11) is 0. The summed E-state index contributed by atoms with van der Waals surface area (Å²) in [5.74, 6) is -0.287. The van der Waals surface area contributed by atoms with Crippen molar-refractivity contribution < 1.29 is 9.90 Å². The molecule has 1 heterocycles. The van der Waals surface area contributed by atoms with Crippen molar-refractivity contribution in [1.29, 1.82) is 0 Å². The van der Waals surface area contributed by atoms with Crippen LogP contribution in [0, 0.1) is 15.9 Å². The molecule has 0 saturated heterocycles. The van der Waals surface area contributed by atoms with Crippen LogP contribution in [0.2, 0.25) is 0 Å². The fourth-order valence-corrected chi connectivity index (χ4v) is 2.37. The van der Waals surface area contributed by atoms with Gasteiger partial charge in [-0.15, -0.1) is 5.10 Å². The number of aliphatic carboxylic acids is 1. The average Bonchev–Trinajstić information content (AvgIpc) is 2.80. The highest BCUT2D eigenvalue weighted by Gasteiger charge is 2.30. The van der Waals surface area contributed by atoms with E-state index in [4.69, 9.17) is 0 Å². The van der Waals surface area contributed by atoms with Crippen molar-refractivity contribution >= 4 is 28.6 Å². The fraction of sp³-hybridized carbons (Fsp3) is 0.385. The smallest absolute Gasteiger partial charge is 0.310 e. The summed E-state index contributed by atoms with van der Waals surface area (Å²) < 4.78 is 2.61.